The Morgan fingerprint density at radius 1 is 1.10 bits per heavy atom. The van der Waals surface area contributed by atoms with Gasteiger partial charge >= 0.3 is 0 Å². The van der Waals surface area contributed by atoms with Gasteiger partial charge in [-0.1, -0.05) is 23.8 Å². The molecule has 4 rings (SSSR count). The third kappa shape index (κ3) is 3.97. The molecule has 2 aromatic heterocycles. The molecule has 31 heavy (non-hydrogen) atoms. The Kier molecular flexibility index (Phi) is 5.61. The summed E-state index contributed by atoms with van der Waals surface area (Å²) in [5.74, 6) is 0.419. The third-order valence-corrected chi connectivity index (χ3v) is 7.09. The van der Waals surface area contributed by atoms with Gasteiger partial charge in [0.1, 0.15) is 22.4 Å². The number of anilines is 1. The second-order valence-corrected chi connectivity index (χ2v) is 9.49. The van der Waals surface area contributed by atoms with Crippen LogP contribution in [-0.4, -0.2) is 30.9 Å². The van der Waals surface area contributed by atoms with Gasteiger partial charge in [-0.2, -0.15) is 5.26 Å². The van der Waals surface area contributed by atoms with Crippen LogP contribution in [0.2, 0.25) is 0 Å². The Hall–Kier alpha value is -3.44. The largest absolute Gasteiger partial charge is 0.356 e. The standard InChI is InChI=1S/C23H22N4O3S/c1-17-8-10-18(11-9-17)31(29,30)19(16-24)15-20-22(26-12-4-2-5-13-26)25-21-7-3-6-14-27(21)23(20)28/h3,6-11,14-15H,2,4-5,12-13H2,1H3. The minimum atomic E-state index is -4.08. The lowest BCUT2D eigenvalue weighted by molar-refractivity contribution is 0.573. The first-order chi connectivity index (χ1) is 14.9. The molecule has 1 aliphatic rings. The van der Waals surface area contributed by atoms with Crippen molar-refractivity contribution >= 4 is 27.4 Å². The molecule has 0 atom stereocenters. The van der Waals surface area contributed by atoms with E-state index >= 15 is 0 Å². The highest BCUT2D eigenvalue weighted by atomic mass is 32.2. The molecule has 158 valence electrons. The highest BCUT2D eigenvalue weighted by molar-refractivity contribution is 7.95. The summed E-state index contributed by atoms with van der Waals surface area (Å²) in [5, 5.41) is 9.70. The van der Waals surface area contributed by atoms with Crippen LogP contribution in [-0.2, 0) is 9.84 Å². The second-order valence-electron chi connectivity index (χ2n) is 7.57. The van der Waals surface area contributed by atoms with E-state index < -0.39 is 20.3 Å². The summed E-state index contributed by atoms with van der Waals surface area (Å²) in [7, 11) is -4.08. The van der Waals surface area contributed by atoms with Crippen LogP contribution in [0.1, 0.15) is 30.4 Å². The molecule has 7 nitrogen and oxygen atoms in total. The molecule has 1 aromatic carbocycles. The number of nitriles is 1. The summed E-state index contributed by atoms with van der Waals surface area (Å²) in [5.41, 5.74) is 1.09. The summed E-state index contributed by atoms with van der Waals surface area (Å²) >= 11 is 0. The van der Waals surface area contributed by atoms with Crippen molar-refractivity contribution in [3.05, 3.63) is 75.0 Å². The quantitative estimate of drug-likeness (QED) is 0.585. The molecule has 8 heteroatoms. The smallest absolute Gasteiger partial charge is 0.267 e. The number of benzene rings is 1. The van der Waals surface area contributed by atoms with E-state index in [1.165, 1.54) is 22.6 Å². The van der Waals surface area contributed by atoms with Gasteiger partial charge < -0.3 is 4.90 Å². The van der Waals surface area contributed by atoms with Crippen molar-refractivity contribution in [2.45, 2.75) is 31.1 Å². The van der Waals surface area contributed by atoms with Gasteiger partial charge in [-0.05, 0) is 56.5 Å². The van der Waals surface area contributed by atoms with E-state index in [1.54, 1.807) is 42.6 Å². The molecular weight excluding hydrogens is 412 g/mol. The van der Waals surface area contributed by atoms with Crippen molar-refractivity contribution < 1.29 is 8.42 Å². The Morgan fingerprint density at radius 3 is 2.48 bits per heavy atom. The molecule has 1 saturated heterocycles. The van der Waals surface area contributed by atoms with Crippen molar-refractivity contribution in [2.24, 2.45) is 0 Å². The number of allylic oxidation sites excluding steroid dienone is 1. The van der Waals surface area contributed by atoms with Gasteiger partial charge in [0.2, 0.25) is 9.84 Å². The van der Waals surface area contributed by atoms with E-state index in [1.807, 2.05) is 11.8 Å². The molecule has 0 amide bonds. The van der Waals surface area contributed by atoms with Gasteiger partial charge in [-0.15, -0.1) is 0 Å². The lowest BCUT2D eigenvalue weighted by Crippen LogP contribution is -2.33. The van der Waals surface area contributed by atoms with Crippen LogP contribution in [0.3, 0.4) is 0 Å². The van der Waals surface area contributed by atoms with E-state index in [4.69, 9.17) is 0 Å². The van der Waals surface area contributed by atoms with Crippen molar-refractivity contribution in [1.29, 1.82) is 5.26 Å². The zero-order valence-electron chi connectivity index (χ0n) is 17.2. The van der Waals surface area contributed by atoms with E-state index in [2.05, 4.69) is 4.98 Å². The maximum absolute atomic E-state index is 13.3. The number of pyridine rings is 1. The molecular formula is C23H22N4O3S. The zero-order valence-corrected chi connectivity index (χ0v) is 18.0. The number of piperidine rings is 1. The minimum absolute atomic E-state index is 0.0132. The van der Waals surface area contributed by atoms with Gasteiger partial charge in [0, 0.05) is 19.3 Å². The summed E-state index contributed by atoms with van der Waals surface area (Å²) < 4.78 is 27.6. The summed E-state index contributed by atoms with van der Waals surface area (Å²) in [6.07, 6.45) is 5.79. The van der Waals surface area contributed by atoms with E-state index in [0.717, 1.165) is 37.9 Å². The maximum Gasteiger partial charge on any atom is 0.267 e. The third-order valence-electron chi connectivity index (χ3n) is 5.41. The van der Waals surface area contributed by atoms with Crippen LogP contribution in [0.25, 0.3) is 11.7 Å². The number of nitrogens with zero attached hydrogens (tertiary/aromatic N) is 4. The Bertz CT molecular complexity index is 1360. The average molecular weight is 435 g/mol. The van der Waals surface area contributed by atoms with Crippen LogP contribution in [0, 0.1) is 18.3 Å². The van der Waals surface area contributed by atoms with Crippen LogP contribution in [0.15, 0.2) is 63.3 Å². The zero-order chi connectivity index (χ0) is 22.0. The van der Waals surface area contributed by atoms with Crippen molar-refractivity contribution in [1.82, 2.24) is 9.38 Å². The first-order valence-electron chi connectivity index (χ1n) is 10.1. The molecule has 1 fully saturated rings. The normalized spacial score (nSPS) is 15.1. The molecule has 0 N–H and O–H groups in total. The van der Waals surface area contributed by atoms with Crippen LogP contribution < -0.4 is 10.5 Å². The van der Waals surface area contributed by atoms with Gasteiger partial charge in [-0.25, -0.2) is 13.4 Å². The number of aryl methyl sites for hydroxylation is 1. The molecule has 3 heterocycles. The number of aromatic nitrogens is 2. The predicted octanol–water partition coefficient (Wildman–Crippen LogP) is 3.33. The summed E-state index contributed by atoms with van der Waals surface area (Å²) in [4.78, 5) is 19.5. The SMILES string of the molecule is Cc1ccc(S(=O)(=O)C(C#N)=Cc2c(N3CCCCC3)nc3ccccn3c2=O)cc1. The van der Waals surface area contributed by atoms with Crippen LogP contribution >= 0.6 is 0 Å². The molecule has 0 radical (unpaired) electrons. The highest BCUT2D eigenvalue weighted by Crippen LogP contribution is 2.26. The van der Waals surface area contributed by atoms with Crippen LogP contribution in [0.4, 0.5) is 5.82 Å². The Labute approximate surface area is 180 Å². The number of fused-ring (bicyclic) bond motifs is 1. The van der Waals surface area contributed by atoms with Crippen molar-refractivity contribution in [2.75, 3.05) is 18.0 Å². The molecule has 0 spiro atoms. The van der Waals surface area contributed by atoms with Crippen LogP contribution in [0.5, 0.6) is 0 Å². The fourth-order valence-electron chi connectivity index (χ4n) is 3.71. The fraction of sp³-hybridized carbons (Fsp3) is 0.261. The van der Waals surface area contributed by atoms with Crippen molar-refractivity contribution in [3.8, 4) is 6.07 Å². The second kappa shape index (κ2) is 8.36. The minimum Gasteiger partial charge on any atom is -0.356 e. The lowest BCUT2D eigenvalue weighted by atomic mass is 10.1. The first-order valence-corrected chi connectivity index (χ1v) is 11.6. The van der Waals surface area contributed by atoms with Gasteiger partial charge in [0.25, 0.3) is 5.56 Å². The number of rotatable bonds is 4. The molecule has 0 bridgehead atoms. The predicted molar refractivity (Wildman–Crippen MR) is 119 cm³/mol. The molecule has 1 aliphatic heterocycles. The Balaban J connectivity index is 1.94. The molecule has 0 saturated carbocycles. The fourth-order valence-corrected chi connectivity index (χ4v) is 4.85. The van der Waals surface area contributed by atoms with Gasteiger partial charge in [0.05, 0.1) is 10.5 Å². The summed E-state index contributed by atoms with van der Waals surface area (Å²) in [6, 6.07) is 13.3. The number of hydrogen-bond donors (Lipinski definition) is 0. The number of sulfone groups is 1. The van der Waals surface area contributed by atoms with Crippen molar-refractivity contribution in [3.63, 3.8) is 0 Å². The molecule has 3 aromatic rings. The van der Waals surface area contributed by atoms with Gasteiger partial charge in [0.15, 0.2) is 0 Å². The topological polar surface area (TPSA) is 95.5 Å². The monoisotopic (exact) mass is 434 g/mol. The van der Waals surface area contributed by atoms with E-state index in [0.29, 0.717) is 11.5 Å². The first kappa shape index (κ1) is 20.8. The lowest BCUT2D eigenvalue weighted by Gasteiger charge is -2.29. The summed E-state index contributed by atoms with van der Waals surface area (Å²) in [6.45, 7) is 3.30. The van der Waals surface area contributed by atoms with E-state index in [-0.39, 0.29) is 10.5 Å². The highest BCUT2D eigenvalue weighted by Gasteiger charge is 2.25. The maximum atomic E-state index is 13.3. The average Bonchev–Trinajstić information content (AvgIpc) is 2.79. The molecule has 0 aliphatic carbocycles. The number of hydrogen-bond acceptors (Lipinski definition) is 6. The molecule has 0 unspecified atom stereocenters. The van der Waals surface area contributed by atoms with Gasteiger partial charge in [-0.3, -0.25) is 9.20 Å². The van der Waals surface area contributed by atoms with E-state index in [9.17, 15) is 18.5 Å². The Morgan fingerprint density at radius 2 is 1.81 bits per heavy atom.